The van der Waals surface area contributed by atoms with Crippen LogP contribution in [-0.4, -0.2) is 57.7 Å². The van der Waals surface area contributed by atoms with E-state index in [4.69, 9.17) is 4.74 Å². The van der Waals surface area contributed by atoms with Gasteiger partial charge >= 0.3 is 0 Å². The Hall–Kier alpha value is -2.44. The molecule has 1 fully saturated rings. The zero-order valence-electron chi connectivity index (χ0n) is 17.8. The summed E-state index contributed by atoms with van der Waals surface area (Å²) in [5, 5.41) is 9.74. The number of nitrogens with one attached hydrogen (secondary N) is 3. The van der Waals surface area contributed by atoms with E-state index < -0.39 is 0 Å². The van der Waals surface area contributed by atoms with Crippen LogP contribution in [0.2, 0.25) is 0 Å². The number of benzene rings is 1. The lowest BCUT2D eigenvalue weighted by Crippen LogP contribution is -2.45. The van der Waals surface area contributed by atoms with Crippen LogP contribution in [-0.2, 0) is 4.79 Å². The number of para-hydroxylation sites is 2. The molecule has 3 N–H and O–H groups in total. The molecule has 1 unspecified atom stereocenters. The first-order chi connectivity index (χ1) is 13.3. The molecule has 0 bridgehead atoms. The molecule has 0 aromatic heterocycles. The Bertz CT molecular complexity index is 669. The Balaban J connectivity index is 1.87. The average Bonchev–Trinajstić information content (AvgIpc) is 3.12. The smallest absolute Gasteiger partial charge is 0.225 e. The van der Waals surface area contributed by atoms with Gasteiger partial charge in [-0.15, -0.1) is 0 Å². The SMILES string of the molecule is CCNC(=NCCNC(=O)C(C)(C)C)NC1CCN(c2ccccc2OC)C1. The molecule has 0 aliphatic carbocycles. The Labute approximate surface area is 168 Å². The Morgan fingerprint density at radius 1 is 1.29 bits per heavy atom. The third kappa shape index (κ3) is 6.32. The van der Waals surface area contributed by atoms with Gasteiger partial charge < -0.3 is 25.6 Å². The Morgan fingerprint density at radius 2 is 2.04 bits per heavy atom. The molecule has 1 aromatic carbocycles. The van der Waals surface area contributed by atoms with Crippen LogP contribution in [0, 0.1) is 5.41 Å². The van der Waals surface area contributed by atoms with Gasteiger partial charge in [0.2, 0.25) is 5.91 Å². The summed E-state index contributed by atoms with van der Waals surface area (Å²) in [6.45, 7) is 11.5. The fourth-order valence-electron chi connectivity index (χ4n) is 3.10. The van der Waals surface area contributed by atoms with Crippen molar-refractivity contribution in [2.24, 2.45) is 10.4 Å². The topological polar surface area (TPSA) is 78.0 Å². The lowest BCUT2D eigenvalue weighted by atomic mass is 9.96. The highest BCUT2D eigenvalue weighted by Crippen LogP contribution is 2.30. The normalized spacial score (nSPS) is 17.4. The number of hydrogen-bond donors (Lipinski definition) is 3. The van der Waals surface area contributed by atoms with E-state index in [9.17, 15) is 4.79 Å². The summed E-state index contributed by atoms with van der Waals surface area (Å²) in [7, 11) is 1.71. The van der Waals surface area contributed by atoms with Crippen molar-refractivity contribution in [2.45, 2.75) is 40.2 Å². The summed E-state index contributed by atoms with van der Waals surface area (Å²) in [6, 6.07) is 8.43. The van der Waals surface area contributed by atoms with E-state index in [1.165, 1.54) is 0 Å². The van der Waals surface area contributed by atoms with Crippen molar-refractivity contribution in [2.75, 3.05) is 44.7 Å². The number of amides is 1. The summed E-state index contributed by atoms with van der Waals surface area (Å²) in [5.74, 6) is 1.74. The molecule has 0 saturated carbocycles. The molecule has 1 aromatic rings. The molecule has 7 heteroatoms. The maximum absolute atomic E-state index is 11.9. The zero-order chi connectivity index (χ0) is 20.6. The highest BCUT2D eigenvalue weighted by atomic mass is 16.5. The van der Waals surface area contributed by atoms with Crippen LogP contribution in [0.4, 0.5) is 5.69 Å². The molecular weight excluding hydrogens is 354 g/mol. The summed E-state index contributed by atoms with van der Waals surface area (Å²) in [5.41, 5.74) is 0.749. The molecule has 0 radical (unpaired) electrons. The molecule has 2 rings (SSSR count). The second kappa shape index (κ2) is 10.2. The minimum absolute atomic E-state index is 0.0453. The molecule has 1 aliphatic heterocycles. The third-order valence-corrected chi connectivity index (χ3v) is 4.65. The van der Waals surface area contributed by atoms with Gasteiger partial charge in [0.15, 0.2) is 5.96 Å². The van der Waals surface area contributed by atoms with Crippen LogP contribution in [0.3, 0.4) is 0 Å². The maximum atomic E-state index is 11.9. The molecule has 1 heterocycles. The third-order valence-electron chi connectivity index (χ3n) is 4.65. The highest BCUT2D eigenvalue weighted by Gasteiger charge is 2.25. The summed E-state index contributed by atoms with van der Waals surface area (Å²) in [4.78, 5) is 18.9. The average molecular weight is 390 g/mol. The Morgan fingerprint density at radius 3 is 2.71 bits per heavy atom. The first-order valence-corrected chi connectivity index (χ1v) is 10.1. The number of ether oxygens (including phenoxy) is 1. The van der Waals surface area contributed by atoms with Crippen LogP contribution in [0.25, 0.3) is 0 Å². The number of methoxy groups -OCH3 is 1. The van der Waals surface area contributed by atoms with Crippen molar-refractivity contribution in [3.63, 3.8) is 0 Å². The van der Waals surface area contributed by atoms with Gasteiger partial charge in [0, 0.05) is 37.6 Å². The van der Waals surface area contributed by atoms with Crippen LogP contribution in [0.15, 0.2) is 29.3 Å². The molecule has 28 heavy (non-hydrogen) atoms. The number of carbonyl (C=O) groups is 1. The largest absolute Gasteiger partial charge is 0.495 e. The molecule has 0 spiro atoms. The number of nitrogens with zero attached hydrogens (tertiary/aromatic N) is 2. The number of rotatable bonds is 7. The van der Waals surface area contributed by atoms with Crippen molar-refractivity contribution in [3.8, 4) is 5.75 Å². The van der Waals surface area contributed by atoms with E-state index >= 15 is 0 Å². The number of aliphatic imine (C=N–C) groups is 1. The van der Waals surface area contributed by atoms with Crippen molar-refractivity contribution < 1.29 is 9.53 Å². The monoisotopic (exact) mass is 389 g/mol. The van der Waals surface area contributed by atoms with Gasteiger partial charge in [-0.1, -0.05) is 32.9 Å². The quantitative estimate of drug-likeness (QED) is 0.378. The number of hydrogen-bond acceptors (Lipinski definition) is 4. The summed E-state index contributed by atoms with van der Waals surface area (Å²) in [6.07, 6.45) is 1.03. The minimum atomic E-state index is -0.377. The van der Waals surface area contributed by atoms with Crippen LogP contribution in [0.5, 0.6) is 5.75 Å². The maximum Gasteiger partial charge on any atom is 0.225 e. The first kappa shape index (κ1) is 21.9. The summed E-state index contributed by atoms with van der Waals surface area (Å²) >= 11 is 0. The van der Waals surface area contributed by atoms with Gasteiger partial charge in [-0.3, -0.25) is 9.79 Å². The Kier molecular flexibility index (Phi) is 7.96. The molecule has 1 aliphatic rings. The number of guanidine groups is 1. The van der Waals surface area contributed by atoms with E-state index in [2.05, 4.69) is 31.9 Å². The fraction of sp³-hybridized carbons (Fsp3) is 0.619. The zero-order valence-corrected chi connectivity index (χ0v) is 17.8. The van der Waals surface area contributed by atoms with Crippen LogP contribution >= 0.6 is 0 Å². The van der Waals surface area contributed by atoms with Crippen molar-refractivity contribution >= 4 is 17.6 Å². The predicted octanol–water partition coefficient (Wildman–Crippen LogP) is 1.99. The van der Waals surface area contributed by atoms with Crippen molar-refractivity contribution in [1.29, 1.82) is 0 Å². The van der Waals surface area contributed by atoms with Crippen molar-refractivity contribution in [3.05, 3.63) is 24.3 Å². The van der Waals surface area contributed by atoms with Gasteiger partial charge in [0.25, 0.3) is 0 Å². The van der Waals surface area contributed by atoms with E-state index in [1.54, 1.807) is 7.11 Å². The molecule has 1 amide bonds. The minimum Gasteiger partial charge on any atom is -0.495 e. The van der Waals surface area contributed by atoms with Crippen molar-refractivity contribution in [1.82, 2.24) is 16.0 Å². The number of carbonyl (C=O) groups excluding carboxylic acids is 1. The first-order valence-electron chi connectivity index (χ1n) is 10.1. The lowest BCUT2D eigenvalue weighted by molar-refractivity contribution is -0.128. The fourth-order valence-corrected chi connectivity index (χ4v) is 3.10. The van der Waals surface area contributed by atoms with Gasteiger partial charge in [-0.2, -0.15) is 0 Å². The van der Waals surface area contributed by atoms with E-state index in [0.717, 1.165) is 43.5 Å². The second-order valence-corrected chi connectivity index (χ2v) is 8.01. The van der Waals surface area contributed by atoms with Crippen LogP contribution in [0.1, 0.15) is 34.1 Å². The predicted molar refractivity (Wildman–Crippen MR) is 115 cm³/mol. The molecular formula is C21H35N5O2. The standard InChI is InChI=1S/C21H35N5O2/c1-6-22-20(24-13-12-23-19(27)21(2,3)4)25-16-11-14-26(15-16)17-9-7-8-10-18(17)28-5/h7-10,16H,6,11-15H2,1-5H3,(H,23,27)(H2,22,24,25). The van der Waals surface area contributed by atoms with Crippen LogP contribution < -0.4 is 25.6 Å². The van der Waals surface area contributed by atoms with Gasteiger partial charge in [0.05, 0.1) is 19.3 Å². The lowest BCUT2D eigenvalue weighted by Gasteiger charge is -2.22. The molecule has 7 nitrogen and oxygen atoms in total. The van der Waals surface area contributed by atoms with E-state index in [1.807, 2.05) is 45.9 Å². The van der Waals surface area contributed by atoms with E-state index in [0.29, 0.717) is 19.1 Å². The van der Waals surface area contributed by atoms with Gasteiger partial charge in [-0.25, -0.2) is 0 Å². The van der Waals surface area contributed by atoms with E-state index in [-0.39, 0.29) is 11.3 Å². The highest BCUT2D eigenvalue weighted by molar-refractivity contribution is 5.82. The van der Waals surface area contributed by atoms with Gasteiger partial charge in [0.1, 0.15) is 5.75 Å². The van der Waals surface area contributed by atoms with Gasteiger partial charge in [-0.05, 0) is 25.5 Å². The number of anilines is 1. The summed E-state index contributed by atoms with van der Waals surface area (Å²) < 4.78 is 5.49. The molecule has 1 saturated heterocycles. The molecule has 1 atom stereocenters. The molecule has 156 valence electrons. The second-order valence-electron chi connectivity index (χ2n) is 8.01.